The molecule has 0 aliphatic heterocycles. The van der Waals surface area contributed by atoms with E-state index in [9.17, 15) is 0 Å². The maximum Gasteiger partial charge on any atom is 0.0100 e. The second-order valence-electron chi connectivity index (χ2n) is 8.38. The lowest BCUT2D eigenvalue weighted by molar-refractivity contribution is -0.0529. The molecule has 4 bridgehead atoms. The highest BCUT2D eigenvalue weighted by Gasteiger charge is 2.50. The highest BCUT2D eigenvalue weighted by molar-refractivity contribution is 5.01. The van der Waals surface area contributed by atoms with Crippen LogP contribution in [0.4, 0.5) is 0 Å². The molecular weight excluding hydrogens is 254 g/mol. The average Bonchev–Trinajstić information content (AvgIpc) is 2.45. The van der Waals surface area contributed by atoms with Crippen molar-refractivity contribution in [1.82, 2.24) is 5.32 Å². The molecule has 1 atom stereocenters. The largest absolute Gasteiger partial charge is 0.314 e. The topological polar surface area (TPSA) is 12.0 Å². The molecule has 0 spiro atoms. The van der Waals surface area contributed by atoms with Gasteiger partial charge in [0.1, 0.15) is 0 Å². The molecule has 0 aromatic carbocycles. The van der Waals surface area contributed by atoms with E-state index in [1.54, 1.807) is 32.1 Å². The zero-order valence-corrected chi connectivity index (χ0v) is 14.4. The van der Waals surface area contributed by atoms with Gasteiger partial charge < -0.3 is 5.32 Å². The second-order valence-corrected chi connectivity index (χ2v) is 8.38. The fourth-order valence-corrected chi connectivity index (χ4v) is 6.28. The van der Waals surface area contributed by atoms with E-state index in [1.165, 1.54) is 45.1 Å². The van der Waals surface area contributed by atoms with Crippen molar-refractivity contribution in [3.63, 3.8) is 0 Å². The molecule has 4 aliphatic rings. The Morgan fingerprint density at radius 1 is 0.810 bits per heavy atom. The fourth-order valence-electron chi connectivity index (χ4n) is 6.28. The van der Waals surface area contributed by atoms with Crippen LogP contribution in [0.15, 0.2) is 0 Å². The van der Waals surface area contributed by atoms with E-state index in [1.807, 2.05) is 0 Å². The summed E-state index contributed by atoms with van der Waals surface area (Å²) in [4.78, 5) is 0. The maximum atomic E-state index is 3.90. The molecule has 4 fully saturated rings. The van der Waals surface area contributed by atoms with Gasteiger partial charge in [0.05, 0.1) is 0 Å². The molecule has 0 radical (unpaired) electrons. The summed E-state index contributed by atoms with van der Waals surface area (Å²) in [6, 6.07) is 0.839. The minimum absolute atomic E-state index is 0.839. The molecule has 0 aromatic rings. The summed E-state index contributed by atoms with van der Waals surface area (Å²) in [7, 11) is 0. The molecule has 21 heavy (non-hydrogen) atoms. The molecule has 0 heterocycles. The Bertz CT molecular complexity index is 283. The predicted octanol–water partition coefficient (Wildman–Crippen LogP) is 5.40. The van der Waals surface area contributed by atoms with Gasteiger partial charge in [-0.3, -0.25) is 0 Å². The monoisotopic (exact) mass is 291 g/mol. The highest BCUT2D eigenvalue weighted by atomic mass is 14.9. The SMILES string of the molecule is CCCCCCCC(NCC)C1C2CC3CC(C2)CC1C3. The van der Waals surface area contributed by atoms with E-state index in [4.69, 9.17) is 0 Å². The number of unbranched alkanes of at least 4 members (excludes halogenated alkanes) is 4. The quantitative estimate of drug-likeness (QED) is 0.561. The number of rotatable bonds is 9. The van der Waals surface area contributed by atoms with Crippen LogP contribution in [0.2, 0.25) is 0 Å². The summed E-state index contributed by atoms with van der Waals surface area (Å²) in [5.74, 6) is 5.44. The van der Waals surface area contributed by atoms with Gasteiger partial charge in [-0.2, -0.15) is 0 Å². The van der Waals surface area contributed by atoms with Crippen LogP contribution in [0.5, 0.6) is 0 Å². The van der Waals surface area contributed by atoms with Crippen molar-refractivity contribution in [1.29, 1.82) is 0 Å². The first-order valence-electron chi connectivity index (χ1n) is 10.0. The zero-order valence-electron chi connectivity index (χ0n) is 14.4. The van der Waals surface area contributed by atoms with Gasteiger partial charge in [-0.05, 0) is 74.7 Å². The third-order valence-electron chi connectivity index (χ3n) is 6.85. The van der Waals surface area contributed by atoms with Crippen molar-refractivity contribution in [2.24, 2.45) is 29.6 Å². The third kappa shape index (κ3) is 3.66. The predicted molar refractivity (Wildman–Crippen MR) is 91.4 cm³/mol. The summed E-state index contributed by atoms with van der Waals surface area (Å²) >= 11 is 0. The van der Waals surface area contributed by atoms with Crippen LogP contribution in [0.25, 0.3) is 0 Å². The van der Waals surface area contributed by atoms with E-state index < -0.39 is 0 Å². The molecule has 4 aliphatic carbocycles. The Kier molecular flexibility index (Phi) is 5.65. The normalized spacial score (nSPS) is 38.9. The molecule has 1 nitrogen and oxygen atoms in total. The first-order valence-corrected chi connectivity index (χ1v) is 10.0. The maximum absolute atomic E-state index is 3.90. The van der Waals surface area contributed by atoms with Crippen LogP contribution in [0.3, 0.4) is 0 Å². The first kappa shape index (κ1) is 15.8. The Balaban J connectivity index is 1.53. The molecule has 4 saturated carbocycles. The number of hydrogen-bond donors (Lipinski definition) is 1. The van der Waals surface area contributed by atoms with Crippen LogP contribution >= 0.6 is 0 Å². The average molecular weight is 292 g/mol. The Morgan fingerprint density at radius 2 is 1.43 bits per heavy atom. The van der Waals surface area contributed by atoms with Crippen molar-refractivity contribution >= 4 is 0 Å². The minimum atomic E-state index is 0.839. The zero-order chi connectivity index (χ0) is 14.7. The van der Waals surface area contributed by atoms with Gasteiger partial charge in [0.2, 0.25) is 0 Å². The van der Waals surface area contributed by atoms with Crippen molar-refractivity contribution in [2.45, 2.75) is 90.5 Å². The second kappa shape index (κ2) is 7.49. The Hall–Kier alpha value is -0.0400. The summed E-state index contributed by atoms with van der Waals surface area (Å²) in [5.41, 5.74) is 0. The molecule has 1 unspecified atom stereocenters. The van der Waals surface area contributed by atoms with Gasteiger partial charge in [-0.25, -0.2) is 0 Å². The van der Waals surface area contributed by atoms with Crippen LogP contribution < -0.4 is 5.32 Å². The van der Waals surface area contributed by atoms with Gasteiger partial charge in [0, 0.05) is 6.04 Å². The highest BCUT2D eigenvalue weighted by Crippen LogP contribution is 2.57. The molecule has 0 amide bonds. The molecular formula is C20H37N. The smallest absolute Gasteiger partial charge is 0.0100 e. The van der Waals surface area contributed by atoms with Crippen molar-refractivity contribution < 1.29 is 0 Å². The van der Waals surface area contributed by atoms with Gasteiger partial charge in [-0.15, -0.1) is 0 Å². The molecule has 0 aromatic heterocycles. The third-order valence-corrected chi connectivity index (χ3v) is 6.85. The van der Waals surface area contributed by atoms with Crippen molar-refractivity contribution in [2.75, 3.05) is 6.54 Å². The summed E-state index contributed by atoms with van der Waals surface area (Å²) < 4.78 is 0. The molecule has 1 N–H and O–H groups in total. The minimum Gasteiger partial charge on any atom is -0.314 e. The van der Waals surface area contributed by atoms with Gasteiger partial charge in [0.25, 0.3) is 0 Å². The molecule has 122 valence electrons. The van der Waals surface area contributed by atoms with Gasteiger partial charge >= 0.3 is 0 Å². The lowest BCUT2D eigenvalue weighted by Crippen LogP contribution is -2.53. The summed E-state index contributed by atoms with van der Waals surface area (Å²) in [6.45, 7) is 5.79. The van der Waals surface area contributed by atoms with Gasteiger partial charge in [0.15, 0.2) is 0 Å². The number of hydrogen-bond acceptors (Lipinski definition) is 1. The van der Waals surface area contributed by atoms with E-state index in [0.717, 1.165) is 35.6 Å². The van der Waals surface area contributed by atoms with Gasteiger partial charge in [-0.1, -0.05) is 46.0 Å². The number of nitrogens with one attached hydrogen (secondary N) is 1. The Morgan fingerprint density at radius 3 is 2.00 bits per heavy atom. The van der Waals surface area contributed by atoms with E-state index >= 15 is 0 Å². The van der Waals surface area contributed by atoms with Crippen molar-refractivity contribution in [3.8, 4) is 0 Å². The Labute approximate surface area is 132 Å². The van der Waals surface area contributed by atoms with E-state index in [0.29, 0.717) is 0 Å². The van der Waals surface area contributed by atoms with E-state index in [2.05, 4.69) is 19.2 Å². The van der Waals surface area contributed by atoms with E-state index in [-0.39, 0.29) is 0 Å². The summed E-state index contributed by atoms with van der Waals surface area (Å²) in [6.07, 6.45) is 16.5. The summed E-state index contributed by atoms with van der Waals surface area (Å²) in [5, 5.41) is 3.90. The molecule has 0 saturated heterocycles. The first-order chi connectivity index (χ1) is 10.3. The van der Waals surface area contributed by atoms with Crippen LogP contribution in [0, 0.1) is 29.6 Å². The lowest BCUT2D eigenvalue weighted by Gasteiger charge is -2.56. The molecule has 1 heteroatoms. The van der Waals surface area contributed by atoms with Crippen molar-refractivity contribution in [3.05, 3.63) is 0 Å². The van der Waals surface area contributed by atoms with Crippen LogP contribution in [0.1, 0.15) is 84.5 Å². The standard InChI is InChI=1S/C20H37N/c1-3-5-6-7-8-9-19(21-4-2)20-17-11-15-10-16(13-17)14-18(20)12-15/h15-21H,3-14H2,1-2H3. The molecule has 4 rings (SSSR count). The fraction of sp³-hybridized carbons (Fsp3) is 1.00. The van der Waals surface area contributed by atoms with Crippen LogP contribution in [-0.2, 0) is 0 Å². The lowest BCUT2D eigenvalue weighted by atomic mass is 9.50. The van der Waals surface area contributed by atoms with Crippen LogP contribution in [-0.4, -0.2) is 12.6 Å².